The lowest BCUT2D eigenvalue weighted by Gasteiger charge is -2.28. The lowest BCUT2D eigenvalue weighted by molar-refractivity contribution is 0.219. The summed E-state index contributed by atoms with van der Waals surface area (Å²) in [6.45, 7) is 2.18. The third-order valence-electron chi connectivity index (χ3n) is 3.03. The minimum absolute atomic E-state index is 1.11. The first-order chi connectivity index (χ1) is 4.40. The average Bonchev–Trinajstić information content (AvgIpc) is 2.10. The van der Waals surface area contributed by atoms with Gasteiger partial charge in [-0.15, -0.1) is 0 Å². The minimum atomic E-state index is 1.11. The molecule has 0 aromatic carbocycles. The first kappa shape index (κ1) is 5.52. The molecule has 2 saturated carbocycles. The van der Waals surface area contributed by atoms with Crippen molar-refractivity contribution >= 4 is 0 Å². The summed E-state index contributed by atoms with van der Waals surface area (Å²) in [5.41, 5.74) is 1.72. The Hall–Kier alpha value is -0.260. The predicted octanol–water partition coefficient (Wildman–Crippen LogP) is 2.75. The molecule has 0 saturated heterocycles. The van der Waals surface area contributed by atoms with Gasteiger partial charge in [0, 0.05) is 0 Å². The second-order valence-electron chi connectivity index (χ2n) is 3.45. The minimum Gasteiger partial charge on any atom is -0.0884 e. The molecule has 2 aliphatic carbocycles. The first-order valence-electron chi connectivity index (χ1n) is 4.04. The molecule has 2 atom stereocenters. The highest BCUT2D eigenvalue weighted by atomic mass is 14.4. The normalized spacial score (nSPS) is 44.8. The lowest BCUT2D eigenvalue weighted by Crippen LogP contribution is -2.18. The van der Waals surface area contributed by atoms with Gasteiger partial charge in [0.05, 0.1) is 0 Å². The van der Waals surface area contributed by atoms with E-state index in [9.17, 15) is 0 Å². The number of hydrogen-bond donors (Lipinski definition) is 0. The molecule has 0 radical (unpaired) electrons. The molecule has 0 nitrogen and oxygen atoms in total. The molecule has 0 N–H and O–H groups in total. The summed E-state index contributed by atoms with van der Waals surface area (Å²) in [6.07, 6.45) is 8.21. The van der Waals surface area contributed by atoms with Crippen molar-refractivity contribution in [3.05, 3.63) is 11.6 Å². The summed E-state index contributed by atoms with van der Waals surface area (Å²) >= 11 is 0. The zero-order chi connectivity index (χ0) is 6.27. The highest BCUT2D eigenvalue weighted by Gasteiger charge is 2.36. The van der Waals surface area contributed by atoms with Gasteiger partial charge in [0.15, 0.2) is 0 Å². The molecule has 0 amide bonds. The molecule has 0 aliphatic heterocycles. The quantitative estimate of drug-likeness (QED) is 0.433. The Morgan fingerprint density at radius 1 is 1.22 bits per heavy atom. The van der Waals surface area contributed by atoms with Crippen LogP contribution in [0.3, 0.4) is 0 Å². The average molecular weight is 122 g/mol. The molecule has 0 aromatic rings. The molecule has 2 fully saturated rings. The van der Waals surface area contributed by atoms with Crippen molar-refractivity contribution in [2.24, 2.45) is 11.8 Å². The topological polar surface area (TPSA) is 0 Å². The maximum Gasteiger partial charge on any atom is -0.0289 e. The van der Waals surface area contributed by atoms with E-state index in [2.05, 4.69) is 13.0 Å². The Balaban J connectivity index is 2.07. The molecule has 9 heavy (non-hydrogen) atoms. The van der Waals surface area contributed by atoms with Crippen molar-refractivity contribution in [1.82, 2.24) is 0 Å². The van der Waals surface area contributed by atoms with Gasteiger partial charge in [0.25, 0.3) is 0 Å². The van der Waals surface area contributed by atoms with Gasteiger partial charge >= 0.3 is 0 Å². The fraction of sp³-hybridized carbons (Fsp3) is 0.778. The number of fused-ring (bicyclic) bond motifs is 1. The highest BCUT2D eigenvalue weighted by molar-refractivity contribution is 5.12. The Morgan fingerprint density at radius 2 is 1.78 bits per heavy atom. The summed E-state index contributed by atoms with van der Waals surface area (Å²) in [4.78, 5) is 0. The van der Waals surface area contributed by atoms with Crippen molar-refractivity contribution in [2.45, 2.75) is 32.6 Å². The van der Waals surface area contributed by atoms with Crippen LogP contribution in [0.15, 0.2) is 11.6 Å². The molecule has 50 valence electrons. The Morgan fingerprint density at radius 3 is 2.11 bits per heavy atom. The molecule has 0 heterocycles. The first-order valence-corrected chi connectivity index (χ1v) is 4.04. The number of rotatable bonds is 0. The van der Waals surface area contributed by atoms with Crippen LogP contribution in [0, 0.1) is 11.8 Å². The van der Waals surface area contributed by atoms with Crippen LogP contribution in [0.4, 0.5) is 0 Å². The van der Waals surface area contributed by atoms with Gasteiger partial charge in [-0.05, 0) is 44.4 Å². The van der Waals surface area contributed by atoms with E-state index in [1.807, 2.05) is 0 Å². The molecular formula is C9H14. The van der Waals surface area contributed by atoms with Crippen LogP contribution in [-0.4, -0.2) is 0 Å². The Bertz CT molecular complexity index is 130. The van der Waals surface area contributed by atoms with Crippen LogP contribution in [0.2, 0.25) is 0 Å². The van der Waals surface area contributed by atoms with Crippen molar-refractivity contribution in [1.29, 1.82) is 0 Å². The SMILES string of the molecule is CC=C1C[C@H]2CC[C@H]2C1. The van der Waals surface area contributed by atoms with Gasteiger partial charge < -0.3 is 0 Å². The second kappa shape index (κ2) is 1.86. The van der Waals surface area contributed by atoms with Crippen LogP contribution in [0.1, 0.15) is 32.6 Å². The fourth-order valence-electron chi connectivity index (χ4n) is 2.17. The van der Waals surface area contributed by atoms with Crippen LogP contribution < -0.4 is 0 Å². The van der Waals surface area contributed by atoms with Gasteiger partial charge in [-0.25, -0.2) is 0 Å². The zero-order valence-corrected chi connectivity index (χ0v) is 6.06. The van der Waals surface area contributed by atoms with Crippen LogP contribution in [-0.2, 0) is 0 Å². The second-order valence-corrected chi connectivity index (χ2v) is 3.45. The highest BCUT2D eigenvalue weighted by Crippen LogP contribution is 2.48. The van der Waals surface area contributed by atoms with E-state index in [1.165, 1.54) is 25.7 Å². The van der Waals surface area contributed by atoms with Gasteiger partial charge in [-0.2, -0.15) is 0 Å². The van der Waals surface area contributed by atoms with Gasteiger partial charge in [-0.3, -0.25) is 0 Å². The number of hydrogen-bond acceptors (Lipinski definition) is 0. The molecule has 0 bridgehead atoms. The van der Waals surface area contributed by atoms with E-state index in [0.29, 0.717) is 0 Å². The van der Waals surface area contributed by atoms with Crippen LogP contribution in [0.5, 0.6) is 0 Å². The van der Waals surface area contributed by atoms with E-state index >= 15 is 0 Å². The zero-order valence-electron chi connectivity index (χ0n) is 6.06. The third-order valence-corrected chi connectivity index (χ3v) is 3.03. The summed E-state index contributed by atoms with van der Waals surface area (Å²) < 4.78 is 0. The van der Waals surface area contributed by atoms with Crippen LogP contribution >= 0.6 is 0 Å². The third kappa shape index (κ3) is 0.726. The van der Waals surface area contributed by atoms with Gasteiger partial charge in [0.2, 0.25) is 0 Å². The van der Waals surface area contributed by atoms with E-state index < -0.39 is 0 Å². The molecule has 2 rings (SSSR count). The summed E-state index contributed by atoms with van der Waals surface area (Å²) in [5, 5.41) is 0. The molecule has 0 spiro atoms. The lowest BCUT2D eigenvalue weighted by atomic mass is 9.77. The van der Waals surface area contributed by atoms with Crippen molar-refractivity contribution in [2.75, 3.05) is 0 Å². The summed E-state index contributed by atoms with van der Waals surface area (Å²) in [6, 6.07) is 0. The fourth-order valence-corrected chi connectivity index (χ4v) is 2.17. The Labute approximate surface area is 57.0 Å². The Kier molecular flexibility index (Phi) is 1.14. The molecule has 0 aromatic heterocycles. The van der Waals surface area contributed by atoms with E-state index in [0.717, 1.165) is 11.8 Å². The van der Waals surface area contributed by atoms with Gasteiger partial charge in [-0.1, -0.05) is 11.6 Å². The van der Waals surface area contributed by atoms with Crippen LogP contribution in [0.25, 0.3) is 0 Å². The monoisotopic (exact) mass is 122 g/mol. The van der Waals surface area contributed by atoms with Crippen molar-refractivity contribution in [3.8, 4) is 0 Å². The van der Waals surface area contributed by atoms with E-state index in [4.69, 9.17) is 0 Å². The van der Waals surface area contributed by atoms with Crippen molar-refractivity contribution in [3.63, 3.8) is 0 Å². The molecular weight excluding hydrogens is 108 g/mol. The largest absolute Gasteiger partial charge is 0.0884 e. The summed E-state index contributed by atoms with van der Waals surface area (Å²) in [7, 11) is 0. The van der Waals surface area contributed by atoms with E-state index in [-0.39, 0.29) is 0 Å². The predicted molar refractivity (Wildman–Crippen MR) is 39.2 cm³/mol. The summed E-state index contributed by atoms with van der Waals surface area (Å²) in [5.74, 6) is 2.22. The molecule has 0 unspecified atom stereocenters. The smallest absolute Gasteiger partial charge is 0.0289 e. The molecule has 0 heteroatoms. The maximum atomic E-state index is 2.32. The van der Waals surface area contributed by atoms with Gasteiger partial charge in [0.1, 0.15) is 0 Å². The molecule has 2 aliphatic rings. The van der Waals surface area contributed by atoms with Crippen molar-refractivity contribution < 1.29 is 0 Å². The standard InChI is InChI=1S/C9H14/c1-2-7-5-8-3-4-9(8)6-7/h2,8-9H,3-6H2,1H3/t8-,9+. The maximum absolute atomic E-state index is 2.32. The van der Waals surface area contributed by atoms with E-state index in [1.54, 1.807) is 5.57 Å². The number of allylic oxidation sites excluding steroid dienone is 2.